The van der Waals surface area contributed by atoms with Crippen molar-refractivity contribution < 1.29 is 23.4 Å². The van der Waals surface area contributed by atoms with Crippen LogP contribution in [0.4, 0.5) is 9.18 Å². The molecular weight excluding hydrogens is 383 g/mol. The third-order valence-electron chi connectivity index (χ3n) is 3.32. The molecule has 0 spiro atoms. The van der Waals surface area contributed by atoms with E-state index in [4.69, 9.17) is 14.2 Å². The average molecular weight is 411 g/mol. The molecule has 0 amide bonds. The maximum Gasteiger partial charge on any atom is 0.435 e. The predicted molar refractivity (Wildman–Crippen MR) is 111 cm³/mol. The summed E-state index contributed by atoms with van der Waals surface area (Å²) < 4.78 is 31.4. The van der Waals surface area contributed by atoms with Crippen LogP contribution in [0.2, 0.25) is 0 Å². The lowest BCUT2D eigenvalue weighted by molar-refractivity contribution is 0.0522. The van der Waals surface area contributed by atoms with Gasteiger partial charge in [0.15, 0.2) is 11.6 Å². The minimum absolute atomic E-state index is 0.00946. The third kappa shape index (κ3) is 5.88. The van der Waals surface area contributed by atoms with Crippen LogP contribution in [-0.2, 0) is 9.47 Å². The summed E-state index contributed by atoms with van der Waals surface area (Å²) in [5, 5.41) is 7.86. The van der Waals surface area contributed by atoms with Gasteiger partial charge in [0.25, 0.3) is 0 Å². The Bertz CT molecular complexity index is 930. The van der Waals surface area contributed by atoms with Crippen molar-refractivity contribution in [1.29, 1.82) is 0 Å². The van der Waals surface area contributed by atoms with E-state index in [0.717, 1.165) is 4.68 Å². The van der Waals surface area contributed by atoms with Crippen molar-refractivity contribution >= 4 is 27.0 Å². The molecule has 0 bridgehead atoms. The minimum Gasteiger partial charge on any atom is -0.488 e. The molecule has 1 heterocycles. The van der Waals surface area contributed by atoms with Crippen molar-refractivity contribution in [3.8, 4) is 16.9 Å². The molecule has 28 heavy (non-hydrogen) atoms. The van der Waals surface area contributed by atoms with Gasteiger partial charge in [-0.2, -0.15) is 19.8 Å². The van der Waals surface area contributed by atoms with Gasteiger partial charge in [-0.1, -0.05) is 0 Å². The highest BCUT2D eigenvalue weighted by molar-refractivity contribution is 8.35. The van der Waals surface area contributed by atoms with Gasteiger partial charge in [-0.15, -0.1) is 0 Å². The fourth-order valence-electron chi connectivity index (χ4n) is 2.20. The first kappa shape index (κ1) is 22.1. The van der Waals surface area contributed by atoms with Gasteiger partial charge in [-0.05, 0) is 56.8 Å². The summed E-state index contributed by atoms with van der Waals surface area (Å²) in [6.07, 6.45) is 5.45. The zero-order valence-corrected chi connectivity index (χ0v) is 18.2. The molecule has 0 radical (unpaired) electrons. The average Bonchev–Trinajstić information content (AvgIpc) is 2.89. The second kappa shape index (κ2) is 8.41. The monoisotopic (exact) mass is 410 g/mol. The van der Waals surface area contributed by atoms with Crippen molar-refractivity contribution in [2.24, 2.45) is 0 Å². The molecule has 0 saturated carbocycles. The molecule has 0 aliphatic carbocycles. The van der Waals surface area contributed by atoms with Crippen molar-refractivity contribution in [3.63, 3.8) is 0 Å². The topological polar surface area (TPSA) is 62.6 Å². The highest BCUT2D eigenvalue weighted by atomic mass is 32.3. The van der Waals surface area contributed by atoms with Crippen LogP contribution in [0.5, 0.6) is 5.75 Å². The van der Waals surface area contributed by atoms with E-state index in [2.05, 4.69) is 16.3 Å². The van der Waals surface area contributed by atoms with E-state index in [1.807, 2.05) is 18.8 Å². The third-order valence-corrected chi connectivity index (χ3v) is 4.04. The van der Waals surface area contributed by atoms with Gasteiger partial charge in [-0.25, -0.2) is 9.18 Å². The minimum atomic E-state index is -1.12. The lowest BCUT2D eigenvalue weighted by Gasteiger charge is -2.19. The molecule has 0 unspecified atom stereocenters. The van der Waals surface area contributed by atoms with E-state index >= 15 is 0 Å². The summed E-state index contributed by atoms with van der Waals surface area (Å²) in [6.45, 7) is 5.78. The van der Waals surface area contributed by atoms with Crippen LogP contribution < -0.4 is 4.74 Å². The van der Waals surface area contributed by atoms with E-state index in [-0.39, 0.29) is 12.4 Å². The first-order valence-corrected chi connectivity index (χ1v) is 11.6. The quantitative estimate of drug-likeness (QED) is 0.563. The highest BCUT2D eigenvalue weighted by Gasteiger charge is 2.23. The van der Waals surface area contributed by atoms with E-state index in [1.165, 1.54) is 19.2 Å². The molecule has 1 aromatic heterocycles. The Morgan fingerprint density at radius 3 is 2.50 bits per heavy atom. The molecule has 154 valence electrons. The second-order valence-corrected chi connectivity index (χ2v) is 11.8. The maximum atomic E-state index is 14.5. The summed E-state index contributed by atoms with van der Waals surface area (Å²) in [5.74, 6) is 2.44. The first-order valence-electron chi connectivity index (χ1n) is 8.70. The number of hydrogen-bond acceptors (Lipinski definition) is 5. The number of carbonyl (C=O) groups excluding carboxylic acids is 1. The predicted octanol–water partition coefficient (Wildman–Crippen LogP) is 3.99. The zero-order chi connectivity index (χ0) is 21.1. The summed E-state index contributed by atoms with van der Waals surface area (Å²) >= 11 is 0. The van der Waals surface area contributed by atoms with Gasteiger partial charge in [0.2, 0.25) is 0 Å². The smallest absolute Gasteiger partial charge is 0.435 e. The number of carbonyl (C=O) groups is 1. The summed E-state index contributed by atoms with van der Waals surface area (Å²) in [4.78, 5) is 12.6. The number of methoxy groups -OCH3 is 1. The molecule has 2 rings (SSSR count). The number of halogens is 1. The Hall–Kier alpha value is -2.24. The van der Waals surface area contributed by atoms with Gasteiger partial charge >= 0.3 is 6.09 Å². The van der Waals surface area contributed by atoms with Gasteiger partial charge in [0.1, 0.15) is 17.9 Å². The Balaban J connectivity index is 2.59. The van der Waals surface area contributed by atoms with E-state index in [1.54, 1.807) is 20.8 Å². The van der Waals surface area contributed by atoms with Crippen LogP contribution >= 0.6 is 10.0 Å². The fraction of sp³-hybridized carbons (Fsp3) is 0.500. The number of ether oxygens (including phenoxy) is 3. The molecule has 0 aliphatic heterocycles. The van der Waals surface area contributed by atoms with Crippen LogP contribution in [0, 0.1) is 17.0 Å². The van der Waals surface area contributed by atoms with E-state index in [0.29, 0.717) is 23.2 Å². The number of fused-ring (bicyclic) bond motifs is 1. The number of hydrogen-bond donors (Lipinski definition) is 0. The Morgan fingerprint density at radius 2 is 1.93 bits per heavy atom. The summed E-state index contributed by atoms with van der Waals surface area (Å²) in [5.41, 5.74) is -0.00361. The number of benzene rings is 1. The fourth-order valence-corrected chi connectivity index (χ4v) is 2.60. The van der Waals surface area contributed by atoms with Gasteiger partial charge < -0.3 is 14.2 Å². The largest absolute Gasteiger partial charge is 0.488 e. The van der Waals surface area contributed by atoms with Crippen LogP contribution in [0.15, 0.2) is 12.1 Å². The summed E-state index contributed by atoms with van der Waals surface area (Å²) in [6, 6.07) is 2.72. The van der Waals surface area contributed by atoms with Crippen LogP contribution in [-0.4, -0.2) is 60.6 Å². The van der Waals surface area contributed by atoms with Crippen molar-refractivity contribution in [3.05, 3.63) is 23.6 Å². The maximum absolute atomic E-state index is 14.5. The van der Waals surface area contributed by atoms with Gasteiger partial charge in [0, 0.05) is 18.6 Å². The molecule has 8 heteroatoms. The lowest BCUT2D eigenvalue weighted by atomic mass is 10.2. The SMILES string of the molecule is COCCOc1cc2c(cc1F)c(C#CS(C)(C)C)nn2C(=O)OC(C)(C)C. The lowest BCUT2D eigenvalue weighted by Crippen LogP contribution is -2.27. The number of rotatable bonds is 4. The molecule has 0 atom stereocenters. The van der Waals surface area contributed by atoms with Crippen LogP contribution in [0.3, 0.4) is 0 Å². The van der Waals surface area contributed by atoms with Gasteiger partial charge in [-0.3, -0.25) is 0 Å². The van der Waals surface area contributed by atoms with E-state index < -0.39 is 27.5 Å². The second-order valence-electron chi connectivity index (χ2n) is 7.95. The zero-order valence-electron chi connectivity index (χ0n) is 17.4. The van der Waals surface area contributed by atoms with E-state index in [9.17, 15) is 9.18 Å². The molecule has 2 aromatic rings. The molecule has 0 saturated heterocycles. The van der Waals surface area contributed by atoms with Crippen LogP contribution in [0.25, 0.3) is 10.9 Å². The Morgan fingerprint density at radius 1 is 1.25 bits per heavy atom. The van der Waals surface area contributed by atoms with Gasteiger partial charge in [0.05, 0.1) is 12.1 Å². The molecule has 1 aromatic carbocycles. The first-order chi connectivity index (χ1) is 12.9. The number of aromatic nitrogens is 2. The van der Waals surface area contributed by atoms with Crippen molar-refractivity contribution in [2.45, 2.75) is 26.4 Å². The molecule has 6 nitrogen and oxygen atoms in total. The molecule has 0 fully saturated rings. The standard InChI is InChI=1S/C20H27FN2O4S/c1-20(2,3)27-19(24)23-17-13-18(26-10-9-25-4)15(21)12-14(17)16(22-23)8-11-28(5,6)7/h12-13H,9-10H2,1-7H3. The summed E-state index contributed by atoms with van der Waals surface area (Å²) in [7, 11) is 0.408. The van der Waals surface area contributed by atoms with Crippen molar-refractivity contribution in [1.82, 2.24) is 9.78 Å². The molecular formula is C20H27FN2O4S. The van der Waals surface area contributed by atoms with Crippen LogP contribution in [0.1, 0.15) is 26.5 Å². The Kier molecular flexibility index (Phi) is 6.63. The normalized spacial score (nSPS) is 12.4. The van der Waals surface area contributed by atoms with Crippen molar-refractivity contribution in [2.75, 3.05) is 39.1 Å². The Labute approximate surface area is 166 Å². The molecule has 0 N–H and O–H groups in total. The highest BCUT2D eigenvalue weighted by Crippen LogP contribution is 2.33. The molecule has 0 aliphatic rings. The number of nitrogens with zero attached hydrogens (tertiary/aromatic N) is 2.